The molecule has 0 aliphatic rings. The van der Waals surface area contributed by atoms with Crippen molar-refractivity contribution in [1.29, 1.82) is 0 Å². The van der Waals surface area contributed by atoms with Crippen LogP contribution in [0.1, 0.15) is 16.7 Å². The second kappa shape index (κ2) is 8.11. The van der Waals surface area contributed by atoms with E-state index in [4.69, 9.17) is 4.74 Å². The van der Waals surface area contributed by atoms with Crippen LogP contribution in [0.5, 0.6) is 5.75 Å². The Bertz CT molecular complexity index is 865. The van der Waals surface area contributed by atoms with Gasteiger partial charge >= 0.3 is 0 Å². The van der Waals surface area contributed by atoms with Gasteiger partial charge in [-0.1, -0.05) is 30.3 Å². The number of ether oxygens (including phenoxy) is 1. The molecule has 0 heterocycles. The van der Waals surface area contributed by atoms with E-state index in [1.54, 1.807) is 43.3 Å². The maximum Gasteiger partial charge on any atom is 0.235 e. The Hall–Kier alpha value is -2.41. The Kier molecular flexibility index (Phi) is 6.14. The molecular weight excluding hydrogens is 345 g/mol. The molecule has 2 rings (SSSR count). The number of carbonyl (C=O) groups is 1. The van der Waals surface area contributed by atoms with Crippen LogP contribution in [-0.4, -0.2) is 27.2 Å². The second-order valence-electron chi connectivity index (χ2n) is 5.70. The molecule has 2 aromatic carbocycles. The topological polar surface area (TPSA) is 72.5 Å². The quantitative estimate of drug-likeness (QED) is 0.818. The van der Waals surface area contributed by atoms with Crippen LogP contribution in [0.2, 0.25) is 0 Å². The molecule has 1 amide bonds. The zero-order valence-electron chi connectivity index (χ0n) is 14.1. The summed E-state index contributed by atoms with van der Waals surface area (Å²) in [5.41, 5.74) is 1.58. The number of rotatable bonds is 7. The number of halogens is 1. The van der Waals surface area contributed by atoms with E-state index < -0.39 is 21.5 Å². The van der Waals surface area contributed by atoms with Gasteiger partial charge in [0.15, 0.2) is 9.84 Å². The molecule has 7 heteroatoms. The number of hydrogen-bond acceptors (Lipinski definition) is 4. The fourth-order valence-corrected chi connectivity index (χ4v) is 3.62. The molecule has 1 N–H and O–H groups in total. The van der Waals surface area contributed by atoms with E-state index in [1.807, 2.05) is 0 Å². The first-order valence-electron chi connectivity index (χ1n) is 7.65. The summed E-state index contributed by atoms with van der Waals surface area (Å²) in [5.74, 6) is -1.46. The van der Waals surface area contributed by atoms with Crippen molar-refractivity contribution >= 4 is 15.7 Å². The molecule has 0 aliphatic heterocycles. The van der Waals surface area contributed by atoms with Crippen molar-refractivity contribution in [1.82, 2.24) is 5.32 Å². The predicted molar refractivity (Wildman–Crippen MR) is 93.5 cm³/mol. The Morgan fingerprint density at radius 1 is 1.20 bits per heavy atom. The van der Waals surface area contributed by atoms with Gasteiger partial charge in [-0.25, -0.2) is 12.8 Å². The number of nitrogens with one attached hydrogen (secondary N) is 1. The molecule has 0 aliphatic carbocycles. The highest BCUT2D eigenvalue weighted by Crippen LogP contribution is 2.20. The fraction of sp³-hybridized carbons (Fsp3) is 0.278. The van der Waals surface area contributed by atoms with Crippen LogP contribution in [0.15, 0.2) is 42.5 Å². The SMILES string of the molecule is COc1ccccc1CS(=O)(=O)CC(=O)NCc1ccc(C)c(F)c1. The highest BCUT2D eigenvalue weighted by Gasteiger charge is 2.19. The highest BCUT2D eigenvalue weighted by atomic mass is 32.2. The van der Waals surface area contributed by atoms with E-state index >= 15 is 0 Å². The lowest BCUT2D eigenvalue weighted by Gasteiger charge is -2.10. The monoisotopic (exact) mass is 365 g/mol. The molecule has 25 heavy (non-hydrogen) atoms. The van der Waals surface area contributed by atoms with Gasteiger partial charge < -0.3 is 10.1 Å². The lowest BCUT2D eigenvalue weighted by Crippen LogP contribution is -2.30. The van der Waals surface area contributed by atoms with Crippen LogP contribution in [0.25, 0.3) is 0 Å². The smallest absolute Gasteiger partial charge is 0.235 e. The molecule has 0 bridgehead atoms. The summed E-state index contributed by atoms with van der Waals surface area (Å²) >= 11 is 0. The number of methoxy groups -OCH3 is 1. The maximum atomic E-state index is 13.5. The van der Waals surface area contributed by atoms with Crippen molar-refractivity contribution in [2.24, 2.45) is 0 Å². The Morgan fingerprint density at radius 3 is 2.60 bits per heavy atom. The summed E-state index contributed by atoms with van der Waals surface area (Å²) in [5, 5.41) is 2.50. The number of amides is 1. The van der Waals surface area contributed by atoms with E-state index in [1.165, 1.54) is 13.2 Å². The predicted octanol–water partition coefficient (Wildman–Crippen LogP) is 2.37. The summed E-state index contributed by atoms with van der Waals surface area (Å²) in [6.07, 6.45) is 0. The first-order chi connectivity index (χ1) is 11.8. The average Bonchev–Trinajstić information content (AvgIpc) is 2.55. The normalized spacial score (nSPS) is 11.2. The minimum atomic E-state index is -3.65. The van der Waals surface area contributed by atoms with Crippen molar-refractivity contribution < 1.29 is 22.3 Å². The molecule has 0 spiro atoms. The number of benzene rings is 2. The maximum absolute atomic E-state index is 13.5. The number of carbonyl (C=O) groups excluding carboxylic acids is 1. The Labute approximate surface area is 146 Å². The lowest BCUT2D eigenvalue weighted by molar-refractivity contribution is -0.118. The zero-order valence-corrected chi connectivity index (χ0v) is 14.9. The number of sulfone groups is 1. The largest absolute Gasteiger partial charge is 0.496 e. The molecule has 0 saturated heterocycles. The molecule has 2 aromatic rings. The van der Waals surface area contributed by atoms with Crippen molar-refractivity contribution in [2.75, 3.05) is 12.9 Å². The first kappa shape index (κ1) is 18.9. The van der Waals surface area contributed by atoms with Gasteiger partial charge in [0.2, 0.25) is 5.91 Å². The van der Waals surface area contributed by atoms with E-state index in [0.29, 0.717) is 22.4 Å². The van der Waals surface area contributed by atoms with Crippen LogP contribution in [0, 0.1) is 12.7 Å². The molecule has 5 nitrogen and oxygen atoms in total. The van der Waals surface area contributed by atoms with Gasteiger partial charge in [0, 0.05) is 12.1 Å². The highest BCUT2D eigenvalue weighted by molar-refractivity contribution is 7.91. The van der Waals surface area contributed by atoms with Crippen molar-refractivity contribution in [3.63, 3.8) is 0 Å². The van der Waals surface area contributed by atoms with Crippen molar-refractivity contribution in [2.45, 2.75) is 19.2 Å². The summed E-state index contributed by atoms with van der Waals surface area (Å²) in [7, 11) is -2.19. The third-order valence-corrected chi connectivity index (χ3v) is 5.10. The lowest BCUT2D eigenvalue weighted by atomic mass is 10.1. The third-order valence-electron chi connectivity index (χ3n) is 3.64. The van der Waals surface area contributed by atoms with E-state index in [2.05, 4.69) is 5.32 Å². The van der Waals surface area contributed by atoms with E-state index in [0.717, 1.165) is 0 Å². The minimum absolute atomic E-state index is 0.0697. The van der Waals surface area contributed by atoms with E-state index in [9.17, 15) is 17.6 Å². The number of para-hydroxylation sites is 1. The second-order valence-corrected chi connectivity index (χ2v) is 7.77. The molecule has 0 unspecified atom stereocenters. The fourth-order valence-electron chi connectivity index (χ4n) is 2.31. The molecule has 0 radical (unpaired) electrons. The van der Waals surface area contributed by atoms with Gasteiger partial charge in [-0.15, -0.1) is 0 Å². The van der Waals surface area contributed by atoms with Gasteiger partial charge in [0.25, 0.3) is 0 Å². The van der Waals surface area contributed by atoms with Crippen LogP contribution < -0.4 is 10.1 Å². The van der Waals surface area contributed by atoms with Gasteiger partial charge in [0.05, 0.1) is 12.9 Å². The third kappa shape index (κ3) is 5.56. The molecule has 0 atom stereocenters. The van der Waals surface area contributed by atoms with Gasteiger partial charge in [-0.3, -0.25) is 4.79 Å². The molecule has 134 valence electrons. The molecule has 0 aromatic heterocycles. The summed E-state index contributed by atoms with van der Waals surface area (Å²) < 4.78 is 43.0. The average molecular weight is 365 g/mol. The standard InChI is InChI=1S/C18H20FNO4S/c1-13-7-8-14(9-16(13)19)10-20-18(21)12-25(22,23)11-15-5-3-4-6-17(15)24-2/h3-9H,10-12H2,1-2H3,(H,20,21). The molecule has 0 saturated carbocycles. The van der Waals surface area contributed by atoms with Crippen LogP contribution in [0.3, 0.4) is 0 Å². The van der Waals surface area contributed by atoms with Gasteiger partial charge in [0.1, 0.15) is 17.3 Å². The van der Waals surface area contributed by atoms with E-state index in [-0.39, 0.29) is 18.1 Å². The Morgan fingerprint density at radius 2 is 1.92 bits per heavy atom. The minimum Gasteiger partial charge on any atom is -0.496 e. The number of hydrogen-bond donors (Lipinski definition) is 1. The summed E-state index contributed by atoms with van der Waals surface area (Å²) in [6.45, 7) is 1.71. The zero-order chi connectivity index (χ0) is 18.4. The van der Waals surface area contributed by atoms with Crippen LogP contribution in [0.4, 0.5) is 4.39 Å². The van der Waals surface area contributed by atoms with Gasteiger partial charge in [-0.2, -0.15) is 0 Å². The Balaban J connectivity index is 1.95. The van der Waals surface area contributed by atoms with Crippen molar-refractivity contribution in [3.05, 3.63) is 65.0 Å². The molecule has 0 fully saturated rings. The van der Waals surface area contributed by atoms with Crippen LogP contribution in [-0.2, 0) is 26.9 Å². The van der Waals surface area contributed by atoms with Crippen molar-refractivity contribution in [3.8, 4) is 5.75 Å². The summed E-state index contributed by atoms with van der Waals surface area (Å²) in [6, 6.07) is 11.4. The number of aryl methyl sites for hydroxylation is 1. The van der Waals surface area contributed by atoms with Gasteiger partial charge in [-0.05, 0) is 30.2 Å². The van der Waals surface area contributed by atoms with Crippen LogP contribution >= 0.6 is 0 Å². The first-order valence-corrected chi connectivity index (χ1v) is 9.47. The summed E-state index contributed by atoms with van der Waals surface area (Å²) in [4.78, 5) is 11.9. The molecular formula is C18H20FNO4S.